The predicted octanol–water partition coefficient (Wildman–Crippen LogP) is 3.23. The van der Waals surface area contributed by atoms with Crippen molar-refractivity contribution in [1.29, 1.82) is 0 Å². The van der Waals surface area contributed by atoms with Gasteiger partial charge >= 0.3 is 5.97 Å². The first-order valence-corrected chi connectivity index (χ1v) is 6.73. The third-order valence-corrected chi connectivity index (χ3v) is 2.78. The van der Waals surface area contributed by atoms with Crippen LogP contribution in [0.15, 0.2) is 30.3 Å². The van der Waals surface area contributed by atoms with Crippen molar-refractivity contribution in [2.75, 3.05) is 0 Å². The van der Waals surface area contributed by atoms with Crippen LogP contribution in [0.5, 0.6) is 0 Å². The molecule has 1 aromatic carbocycles. The highest BCUT2D eigenvalue weighted by molar-refractivity contribution is 5.82. The fourth-order valence-corrected chi connectivity index (χ4v) is 2.07. The summed E-state index contributed by atoms with van der Waals surface area (Å²) in [4.78, 5) is 12.5. The molecule has 0 aliphatic heterocycles. The fraction of sp³-hybridized carbons (Fsp3) is 0.562. The molecule has 0 heterocycles. The summed E-state index contributed by atoms with van der Waals surface area (Å²) in [6.45, 7) is 9.66. The molecule has 0 amide bonds. The van der Waals surface area contributed by atoms with Gasteiger partial charge in [0.25, 0.3) is 0 Å². The minimum absolute atomic E-state index is 0.303. The van der Waals surface area contributed by atoms with E-state index in [9.17, 15) is 4.79 Å². The summed E-state index contributed by atoms with van der Waals surface area (Å²) in [7, 11) is 0. The van der Waals surface area contributed by atoms with Gasteiger partial charge in [-0.2, -0.15) is 0 Å². The Morgan fingerprint density at radius 2 is 1.74 bits per heavy atom. The normalized spacial score (nSPS) is 15.1. The Balaban J connectivity index is 3.10. The van der Waals surface area contributed by atoms with Crippen LogP contribution in [-0.2, 0) is 15.1 Å². The van der Waals surface area contributed by atoms with Gasteiger partial charge in [0.05, 0.1) is 0 Å². The summed E-state index contributed by atoms with van der Waals surface area (Å²) in [5.74, 6) is -0.0578. The second-order valence-corrected chi connectivity index (χ2v) is 6.44. The third-order valence-electron chi connectivity index (χ3n) is 2.78. The lowest BCUT2D eigenvalue weighted by atomic mass is 9.83. The van der Waals surface area contributed by atoms with Gasteiger partial charge in [-0.1, -0.05) is 44.2 Å². The van der Waals surface area contributed by atoms with Gasteiger partial charge in [0, 0.05) is 0 Å². The van der Waals surface area contributed by atoms with E-state index in [4.69, 9.17) is 10.5 Å². The maximum absolute atomic E-state index is 12.5. The summed E-state index contributed by atoms with van der Waals surface area (Å²) in [5, 5.41) is 0. The van der Waals surface area contributed by atoms with Crippen molar-refractivity contribution in [3.8, 4) is 0 Å². The minimum Gasteiger partial charge on any atom is -0.458 e. The first-order valence-electron chi connectivity index (χ1n) is 6.73. The van der Waals surface area contributed by atoms with Gasteiger partial charge in [-0.05, 0) is 38.7 Å². The van der Waals surface area contributed by atoms with Gasteiger partial charge in [0.15, 0.2) is 0 Å². The van der Waals surface area contributed by atoms with Gasteiger partial charge in [0.1, 0.15) is 11.1 Å². The molecule has 0 saturated carbocycles. The van der Waals surface area contributed by atoms with E-state index in [1.807, 2.05) is 51.1 Å². The number of nitrogens with two attached hydrogens (primary N) is 1. The van der Waals surface area contributed by atoms with Crippen molar-refractivity contribution in [2.45, 2.75) is 52.2 Å². The second kappa shape index (κ2) is 5.74. The predicted molar refractivity (Wildman–Crippen MR) is 77.6 cm³/mol. The molecule has 0 saturated heterocycles. The number of rotatable bonds is 4. The first kappa shape index (κ1) is 15.7. The van der Waals surface area contributed by atoms with E-state index in [0.717, 1.165) is 5.56 Å². The smallest absolute Gasteiger partial charge is 0.331 e. The topological polar surface area (TPSA) is 52.3 Å². The summed E-state index contributed by atoms with van der Waals surface area (Å²) < 4.78 is 5.49. The van der Waals surface area contributed by atoms with E-state index in [-0.39, 0.29) is 5.97 Å². The molecule has 2 N–H and O–H groups in total. The Kier molecular flexibility index (Phi) is 4.75. The minimum atomic E-state index is -1.08. The molecule has 19 heavy (non-hydrogen) atoms. The number of hydrogen-bond acceptors (Lipinski definition) is 3. The summed E-state index contributed by atoms with van der Waals surface area (Å²) in [6, 6.07) is 9.45. The zero-order valence-corrected chi connectivity index (χ0v) is 12.6. The lowest BCUT2D eigenvalue weighted by Gasteiger charge is -2.32. The summed E-state index contributed by atoms with van der Waals surface area (Å²) in [5.41, 5.74) is 5.59. The highest BCUT2D eigenvalue weighted by Gasteiger charge is 2.40. The molecule has 0 unspecified atom stereocenters. The highest BCUT2D eigenvalue weighted by atomic mass is 16.6. The van der Waals surface area contributed by atoms with Crippen molar-refractivity contribution in [2.24, 2.45) is 11.7 Å². The number of benzene rings is 1. The van der Waals surface area contributed by atoms with Gasteiger partial charge in [-0.25, -0.2) is 4.79 Å². The van der Waals surface area contributed by atoms with Gasteiger partial charge < -0.3 is 10.5 Å². The number of carbonyl (C=O) groups is 1. The van der Waals surface area contributed by atoms with Crippen LogP contribution < -0.4 is 5.73 Å². The van der Waals surface area contributed by atoms with E-state index in [2.05, 4.69) is 13.8 Å². The summed E-state index contributed by atoms with van der Waals surface area (Å²) in [6.07, 6.45) is 0.561. The van der Waals surface area contributed by atoms with Crippen LogP contribution in [0.25, 0.3) is 0 Å². The average Bonchev–Trinajstić information content (AvgIpc) is 2.26. The maximum Gasteiger partial charge on any atom is 0.331 e. The number of ether oxygens (including phenoxy) is 1. The molecule has 3 heteroatoms. The van der Waals surface area contributed by atoms with Gasteiger partial charge in [-0.3, -0.25) is 0 Å². The molecule has 0 spiro atoms. The van der Waals surface area contributed by atoms with E-state index in [0.29, 0.717) is 12.3 Å². The molecular formula is C16H25NO2. The Morgan fingerprint density at radius 3 is 2.16 bits per heavy atom. The third kappa shape index (κ3) is 4.35. The maximum atomic E-state index is 12.5. The largest absolute Gasteiger partial charge is 0.458 e. The lowest BCUT2D eigenvalue weighted by Crippen LogP contribution is -2.49. The van der Waals surface area contributed by atoms with Crippen molar-refractivity contribution < 1.29 is 9.53 Å². The van der Waals surface area contributed by atoms with E-state index < -0.39 is 11.1 Å². The highest BCUT2D eigenvalue weighted by Crippen LogP contribution is 2.29. The van der Waals surface area contributed by atoms with Crippen molar-refractivity contribution in [3.05, 3.63) is 35.9 Å². The van der Waals surface area contributed by atoms with Crippen LogP contribution >= 0.6 is 0 Å². The van der Waals surface area contributed by atoms with Gasteiger partial charge in [-0.15, -0.1) is 0 Å². The van der Waals surface area contributed by atoms with Crippen LogP contribution in [0.2, 0.25) is 0 Å². The van der Waals surface area contributed by atoms with E-state index in [1.165, 1.54) is 0 Å². The molecule has 0 radical (unpaired) electrons. The molecule has 0 aliphatic carbocycles. The SMILES string of the molecule is CC(C)C[C@](N)(C(=O)OC(C)(C)C)c1ccccc1. The molecule has 0 fully saturated rings. The van der Waals surface area contributed by atoms with Gasteiger partial charge in [0.2, 0.25) is 0 Å². The van der Waals surface area contributed by atoms with Crippen molar-refractivity contribution in [3.63, 3.8) is 0 Å². The van der Waals surface area contributed by atoms with E-state index >= 15 is 0 Å². The molecule has 3 nitrogen and oxygen atoms in total. The van der Waals surface area contributed by atoms with Crippen molar-refractivity contribution in [1.82, 2.24) is 0 Å². The number of hydrogen-bond donors (Lipinski definition) is 1. The Hall–Kier alpha value is -1.35. The van der Waals surface area contributed by atoms with Crippen LogP contribution in [0, 0.1) is 5.92 Å². The Labute approximate surface area is 116 Å². The Morgan fingerprint density at radius 1 is 1.21 bits per heavy atom. The molecular weight excluding hydrogens is 238 g/mol. The molecule has 1 rings (SSSR count). The van der Waals surface area contributed by atoms with Crippen LogP contribution in [0.3, 0.4) is 0 Å². The first-order chi connectivity index (χ1) is 8.65. The molecule has 1 atom stereocenters. The molecule has 106 valence electrons. The average molecular weight is 263 g/mol. The summed E-state index contributed by atoms with van der Waals surface area (Å²) >= 11 is 0. The number of esters is 1. The van der Waals surface area contributed by atoms with Crippen LogP contribution in [0.1, 0.15) is 46.6 Å². The zero-order chi connectivity index (χ0) is 14.7. The molecule has 0 aliphatic rings. The molecule has 0 aromatic heterocycles. The fourth-order valence-electron chi connectivity index (χ4n) is 2.07. The lowest BCUT2D eigenvalue weighted by molar-refractivity contribution is -0.163. The van der Waals surface area contributed by atoms with Crippen LogP contribution in [-0.4, -0.2) is 11.6 Å². The standard InChI is InChI=1S/C16H25NO2/c1-12(2)11-16(17,13-9-7-6-8-10-13)14(18)19-15(3,4)5/h6-10,12H,11,17H2,1-5H3/t16-/m1/s1. The monoisotopic (exact) mass is 263 g/mol. The zero-order valence-electron chi connectivity index (χ0n) is 12.6. The quantitative estimate of drug-likeness (QED) is 0.848. The van der Waals surface area contributed by atoms with Crippen LogP contribution in [0.4, 0.5) is 0 Å². The Bertz CT molecular complexity index is 420. The van der Waals surface area contributed by atoms with E-state index in [1.54, 1.807) is 0 Å². The molecule has 0 bridgehead atoms. The molecule has 1 aromatic rings. The second-order valence-electron chi connectivity index (χ2n) is 6.44. The number of carbonyl (C=O) groups excluding carboxylic acids is 1. The van der Waals surface area contributed by atoms with Crippen molar-refractivity contribution >= 4 is 5.97 Å².